The van der Waals surface area contributed by atoms with E-state index < -0.39 is 0 Å². The van der Waals surface area contributed by atoms with Crippen LogP contribution in [0.1, 0.15) is 25.3 Å². The maximum Gasteiger partial charge on any atom is 0.319 e. The van der Waals surface area contributed by atoms with Crippen molar-refractivity contribution in [3.8, 4) is 5.75 Å². The van der Waals surface area contributed by atoms with Gasteiger partial charge in [-0.1, -0.05) is 23.7 Å². The number of carbonyl (C=O) groups is 1. The Labute approximate surface area is 183 Å². The third kappa shape index (κ3) is 4.99. The molecule has 1 aliphatic heterocycles. The van der Waals surface area contributed by atoms with Crippen LogP contribution in [-0.2, 0) is 10.2 Å². The van der Waals surface area contributed by atoms with Crippen molar-refractivity contribution in [3.05, 3.63) is 53.1 Å². The molecule has 7 heteroatoms. The monoisotopic (exact) mass is 431 g/mol. The van der Waals surface area contributed by atoms with Crippen molar-refractivity contribution in [1.82, 2.24) is 5.32 Å². The zero-order chi connectivity index (χ0) is 21.6. The molecule has 0 saturated carbocycles. The molecule has 162 valence electrons. The van der Waals surface area contributed by atoms with Crippen molar-refractivity contribution < 1.29 is 14.3 Å². The van der Waals surface area contributed by atoms with Crippen LogP contribution < -0.4 is 20.3 Å². The average Bonchev–Trinajstić information content (AvgIpc) is 2.78. The largest absolute Gasteiger partial charge is 0.496 e. The third-order valence-corrected chi connectivity index (χ3v) is 6.04. The van der Waals surface area contributed by atoms with Gasteiger partial charge in [-0.15, -0.1) is 0 Å². The minimum Gasteiger partial charge on any atom is -0.496 e. The van der Waals surface area contributed by atoms with Gasteiger partial charge >= 0.3 is 6.03 Å². The van der Waals surface area contributed by atoms with Gasteiger partial charge in [-0.2, -0.15) is 0 Å². The van der Waals surface area contributed by atoms with Crippen LogP contribution in [0, 0.1) is 0 Å². The predicted octanol–water partition coefficient (Wildman–Crippen LogP) is 4.67. The van der Waals surface area contributed by atoms with Crippen LogP contribution in [0.15, 0.2) is 42.5 Å². The first-order valence-electron chi connectivity index (χ1n) is 10.3. The lowest BCUT2D eigenvalue weighted by Crippen LogP contribution is -2.46. The molecule has 1 fully saturated rings. The van der Waals surface area contributed by atoms with Gasteiger partial charge in [0.25, 0.3) is 0 Å². The highest BCUT2D eigenvalue weighted by atomic mass is 35.5. The molecule has 2 amide bonds. The van der Waals surface area contributed by atoms with Crippen molar-refractivity contribution in [2.45, 2.75) is 25.2 Å². The smallest absolute Gasteiger partial charge is 0.319 e. The molecule has 0 bridgehead atoms. The number of hydrogen-bond donors (Lipinski definition) is 2. The van der Waals surface area contributed by atoms with E-state index in [0.29, 0.717) is 24.8 Å². The Kier molecular flexibility index (Phi) is 7.45. The number of rotatable bonds is 7. The van der Waals surface area contributed by atoms with E-state index in [1.165, 1.54) is 0 Å². The predicted molar refractivity (Wildman–Crippen MR) is 122 cm³/mol. The second-order valence-electron chi connectivity index (χ2n) is 7.58. The number of nitrogens with zero attached hydrogens (tertiary/aromatic N) is 1. The Bertz CT molecular complexity index is 869. The Balaban J connectivity index is 1.78. The van der Waals surface area contributed by atoms with E-state index in [4.69, 9.17) is 21.1 Å². The molecule has 6 nitrogen and oxygen atoms in total. The van der Waals surface area contributed by atoms with Crippen LogP contribution in [0.3, 0.4) is 0 Å². The number of amides is 2. The molecule has 0 aliphatic carbocycles. The third-order valence-electron chi connectivity index (χ3n) is 5.81. The lowest BCUT2D eigenvalue weighted by Gasteiger charge is -2.38. The molecular formula is C23H30ClN3O3. The van der Waals surface area contributed by atoms with Crippen molar-refractivity contribution in [3.63, 3.8) is 0 Å². The zero-order valence-corrected chi connectivity index (χ0v) is 18.6. The van der Waals surface area contributed by atoms with Crippen molar-refractivity contribution >= 4 is 29.0 Å². The van der Waals surface area contributed by atoms with Gasteiger partial charge in [-0.25, -0.2) is 4.79 Å². The van der Waals surface area contributed by atoms with Gasteiger partial charge in [0, 0.05) is 49.4 Å². The zero-order valence-electron chi connectivity index (χ0n) is 17.8. The quantitative estimate of drug-likeness (QED) is 0.668. The molecule has 1 heterocycles. The highest BCUT2D eigenvalue weighted by Gasteiger charge is 2.37. The lowest BCUT2D eigenvalue weighted by atomic mass is 9.73. The Hall–Kier alpha value is -2.44. The highest BCUT2D eigenvalue weighted by Crippen LogP contribution is 2.40. The minimum atomic E-state index is -0.300. The molecule has 1 saturated heterocycles. The molecule has 0 spiro atoms. The van der Waals surface area contributed by atoms with E-state index in [1.54, 1.807) is 7.11 Å². The number of benzene rings is 2. The number of hydrogen-bond acceptors (Lipinski definition) is 4. The van der Waals surface area contributed by atoms with Gasteiger partial charge in [0.2, 0.25) is 0 Å². The minimum absolute atomic E-state index is 0.237. The second-order valence-corrected chi connectivity index (χ2v) is 8.01. The number of halogens is 1. The number of carbonyl (C=O) groups excluding carboxylic acids is 1. The second kappa shape index (κ2) is 10.0. The fraction of sp³-hybridized carbons (Fsp3) is 0.435. The Morgan fingerprint density at radius 2 is 1.97 bits per heavy atom. The number of nitrogens with one attached hydrogen (secondary N) is 2. The topological polar surface area (TPSA) is 62.8 Å². The van der Waals surface area contributed by atoms with E-state index in [-0.39, 0.29) is 11.4 Å². The number of anilines is 2. The molecule has 2 aromatic rings. The normalized spacial score (nSPS) is 15.3. The summed E-state index contributed by atoms with van der Waals surface area (Å²) in [4.78, 5) is 14.9. The first kappa shape index (κ1) is 22.2. The lowest BCUT2D eigenvalue weighted by molar-refractivity contribution is 0.0500. The SMILES string of the molecule is CCN(C)c1ccccc1NC(=O)NCC1(c2cc(Cl)ccc2OC)CCOCC1. The standard InChI is InChI=1S/C23H30ClN3O3/c1-4-27(2)20-8-6-5-7-19(20)26-22(28)25-16-23(11-13-30-14-12-23)18-15-17(24)9-10-21(18)29-3/h5-10,15H,4,11-14,16H2,1-3H3,(H2,25,26,28). The van der Waals surface area contributed by atoms with Gasteiger partial charge < -0.3 is 25.0 Å². The summed E-state index contributed by atoms with van der Waals surface area (Å²) in [6.07, 6.45) is 1.55. The van der Waals surface area contributed by atoms with Crippen LogP contribution in [0.2, 0.25) is 5.02 Å². The summed E-state index contributed by atoms with van der Waals surface area (Å²) in [6, 6.07) is 13.2. The number of urea groups is 1. The molecular weight excluding hydrogens is 402 g/mol. The Morgan fingerprint density at radius 3 is 2.67 bits per heavy atom. The maximum atomic E-state index is 12.8. The van der Waals surface area contributed by atoms with Crippen LogP contribution in [0.4, 0.5) is 16.2 Å². The van der Waals surface area contributed by atoms with Gasteiger partial charge in [0.15, 0.2) is 0 Å². The fourth-order valence-corrected chi connectivity index (χ4v) is 4.07. The Morgan fingerprint density at radius 1 is 1.23 bits per heavy atom. The van der Waals surface area contributed by atoms with Crippen molar-refractivity contribution in [2.24, 2.45) is 0 Å². The summed E-state index contributed by atoms with van der Waals surface area (Å²) in [7, 11) is 3.65. The molecule has 2 aromatic carbocycles. The van der Waals surface area contributed by atoms with Gasteiger partial charge in [0.1, 0.15) is 5.75 Å². The van der Waals surface area contributed by atoms with Gasteiger partial charge in [-0.3, -0.25) is 0 Å². The van der Waals surface area contributed by atoms with E-state index in [1.807, 2.05) is 49.5 Å². The molecule has 2 N–H and O–H groups in total. The van der Waals surface area contributed by atoms with Gasteiger partial charge in [0.05, 0.1) is 18.5 Å². The van der Waals surface area contributed by atoms with E-state index in [2.05, 4.69) is 22.5 Å². The summed E-state index contributed by atoms with van der Waals surface area (Å²) in [5.41, 5.74) is 2.46. The number of para-hydroxylation sites is 2. The maximum absolute atomic E-state index is 12.8. The highest BCUT2D eigenvalue weighted by molar-refractivity contribution is 6.30. The van der Waals surface area contributed by atoms with E-state index in [9.17, 15) is 4.79 Å². The molecule has 1 aliphatic rings. The number of methoxy groups -OCH3 is 1. The van der Waals surface area contributed by atoms with Crippen LogP contribution >= 0.6 is 11.6 Å². The molecule has 3 rings (SSSR count). The van der Waals surface area contributed by atoms with E-state index in [0.717, 1.165) is 42.1 Å². The molecule has 0 atom stereocenters. The molecule has 30 heavy (non-hydrogen) atoms. The summed E-state index contributed by atoms with van der Waals surface area (Å²) in [5.74, 6) is 0.776. The van der Waals surface area contributed by atoms with Crippen LogP contribution in [0.25, 0.3) is 0 Å². The fourth-order valence-electron chi connectivity index (χ4n) is 3.90. The molecule has 0 aromatic heterocycles. The first-order chi connectivity index (χ1) is 14.5. The van der Waals surface area contributed by atoms with Crippen LogP contribution in [0.5, 0.6) is 5.75 Å². The summed E-state index contributed by atoms with van der Waals surface area (Å²) < 4.78 is 11.2. The van der Waals surface area contributed by atoms with Crippen LogP contribution in [-0.4, -0.2) is 46.5 Å². The van der Waals surface area contributed by atoms with Crippen molar-refractivity contribution in [1.29, 1.82) is 0 Å². The first-order valence-corrected chi connectivity index (χ1v) is 10.6. The number of ether oxygens (including phenoxy) is 2. The van der Waals surface area contributed by atoms with Gasteiger partial charge in [-0.05, 0) is 50.1 Å². The molecule has 0 radical (unpaired) electrons. The summed E-state index contributed by atoms with van der Waals surface area (Å²) in [5, 5.41) is 6.72. The molecule has 0 unspecified atom stereocenters. The van der Waals surface area contributed by atoms with E-state index >= 15 is 0 Å². The average molecular weight is 432 g/mol. The summed E-state index contributed by atoms with van der Waals surface area (Å²) in [6.45, 7) is 4.64. The summed E-state index contributed by atoms with van der Waals surface area (Å²) >= 11 is 6.29. The van der Waals surface area contributed by atoms with Crippen molar-refractivity contribution in [2.75, 3.05) is 50.7 Å².